The van der Waals surface area contributed by atoms with Crippen LogP contribution in [0.2, 0.25) is 0 Å². The number of nitrogens with zero attached hydrogens (tertiary/aromatic N) is 2. The molecule has 1 N–H and O–H groups in total. The normalized spacial score (nSPS) is 10.4. The molecule has 0 fully saturated rings. The van der Waals surface area contributed by atoms with E-state index in [1.165, 1.54) is 23.4 Å². The van der Waals surface area contributed by atoms with Gasteiger partial charge in [0, 0.05) is 19.8 Å². The van der Waals surface area contributed by atoms with Gasteiger partial charge in [0.15, 0.2) is 11.6 Å². The highest BCUT2D eigenvalue weighted by Crippen LogP contribution is 2.11. The minimum Gasteiger partial charge on any atom is -0.337 e. The molecular weight excluding hydrogens is 240 g/mol. The molecule has 1 heterocycles. The van der Waals surface area contributed by atoms with Gasteiger partial charge in [0.2, 0.25) is 0 Å². The highest BCUT2D eigenvalue weighted by Gasteiger charge is 2.13. The van der Waals surface area contributed by atoms with Gasteiger partial charge in [0.05, 0.1) is 11.8 Å². The first kappa shape index (κ1) is 12.2. The summed E-state index contributed by atoms with van der Waals surface area (Å²) in [5.41, 5.74) is 0.938. The monoisotopic (exact) mass is 251 g/mol. The highest BCUT2D eigenvalue weighted by atomic mass is 19.2. The Bertz CT molecular complexity index is 554. The first-order valence-electron chi connectivity index (χ1n) is 5.26. The molecule has 2 rings (SSSR count). The molecule has 0 atom stereocenters. The molecule has 1 aromatic carbocycles. The van der Waals surface area contributed by atoms with Gasteiger partial charge >= 0.3 is 0 Å². The minimum atomic E-state index is -0.920. The third-order valence-corrected chi connectivity index (χ3v) is 2.50. The van der Waals surface area contributed by atoms with E-state index >= 15 is 0 Å². The molecule has 18 heavy (non-hydrogen) atoms. The summed E-state index contributed by atoms with van der Waals surface area (Å²) < 4.78 is 25.8. The maximum atomic E-state index is 13.0. The van der Waals surface area contributed by atoms with Gasteiger partial charge in [-0.15, -0.1) is 0 Å². The van der Waals surface area contributed by atoms with Gasteiger partial charge in [-0.1, -0.05) is 6.07 Å². The molecule has 4 nitrogen and oxygen atoms in total. The zero-order chi connectivity index (χ0) is 13.1. The number of aromatic nitrogens is 2. The zero-order valence-corrected chi connectivity index (χ0v) is 9.65. The van der Waals surface area contributed by atoms with E-state index in [2.05, 4.69) is 10.2 Å². The van der Waals surface area contributed by atoms with E-state index in [9.17, 15) is 13.6 Å². The lowest BCUT2D eigenvalue weighted by Gasteiger charge is -2.16. The number of benzene rings is 1. The topological polar surface area (TPSA) is 49.0 Å². The summed E-state index contributed by atoms with van der Waals surface area (Å²) in [6, 6.07) is 3.56. The summed E-state index contributed by atoms with van der Waals surface area (Å²) in [6.45, 7) is 0.196. The molecule has 6 heteroatoms. The molecule has 0 aliphatic carbocycles. The molecule has 0 aliphatic heterocycles. The molecule has 0 unspecified atom stereocenters. The summed E-state index contributed by atoms with van der Waals surface area (Å²) in [6.07, 6.45) is 2.88. The fourth-order valence-electron chi connectivity index (χ4n) is 1.57. The molecule has 0 radical (unpaired) electrons. The lowest BCUT2D eigenvalue weighted by Crippen LogP contribution is -2.25. The number of carbonyl (C=O) groups excluding carboxylic acids is 1. The van der Waals surface area contributed by atoms with Gasteiger partial charge in [-0.3, -0.25) is 9.89 Å². The average molecular weight is 251 g/mol. The van der Waals surface area contributed by atoms with Gasteiger partial charge in [-0.2, -0.15) is 5.10 Å². The van der Waals surface area contributed by atoms with Crippen LogP contribution in [0.1, 0.15) is 15.9 Å². The fraction of sp³-hybridized carbons (Fsp3) is 0.167. The Balaban J connectivity index is 2.09. The predicted molar refractivity (Wildman–Crippen MR) is 60.7 cm³/mol. The van der Waals surface area contributed by atoms with Crippen molar-refractivity contribution in [2.24, 2.45) is 0 Å². The largest absolute Gasteiger partial charge is 0.337 e. The van der Waals surface area contributed by atoms with Crippen molar-refractivity contribution in [3.05, 3.63) is 53.4 Å². The third kappa shape index (κ3) is 2.53. The van der Waals surface area contributed by atoms with Crippen molar-refractivity contribution in [2.45, 2.75) is 6.54 Å². The number of aromatic amines is 1. The Morgan fingerprint density at radius 2 is 2.17 bits per heavy atom. The van der Waals surface area contributed by atoms with E-state index in [-0.39, 0.29) is 12.5 Å². The molecule has 0 saturated carbocycles. The first-order valence-corrected chi connectivity index (χ1v) is 5.26. The maximum absolute atomic E-state index is 13.0. The number of amides is 1. The van der Waals surface area contributed by atoms with Crippen molar-refractivity contribution < 1.29 is 13.6 Å². The van der Waals surface area contributed by atoms with Crippen molar-refractivity contribution in [1.29, 1.82) is 0 Å². The van der Waals surface area contributed by atoms with Crippen LogP contribution in [-0.4, -0.2) is 28.1 Å². The van der Waals surface area contributed by atoms with Crippen LogP contribution in [0.4, 0.5) is 8.78 Å². The van der Waals surface area contributed by atoms with Gasteiger partial charge < -0.3 is 4.90 Å². The molecule has 94 valence electrons. The Morgan fingerprint density at radius 3 is 2.78 bits per heavy atom. The molecule has 1 aromatic heterocycles. The van der Waals surface area contributed by atoms with E-state index < -0.39 is 11.6 Å². The number of nitrogens with one attached hydrogen (secondary N) is 1. The number of H-pyrrole nitrogens is 1. The first-order chi connectivity index (χ1) is 8.58. The summed E-state index contributed by atoms with van der Waals surface area (Å²) >= 11 is 0. The van der Waals surface area contributed by atoms with Crippen LogP contribution in [-0.2, 0) is 6.54 Å². The summed E-state index contributed by atoms with van der Waals surface area (Å²) in [7, 11) is 1.58. The van der Waals surface area contributed by atoms with Gasteiger partial charge in [0.1, 0.15) is 0 Å². The number of carbonyl (C=O) groups is 1. The molecule has 0 aliphatic rings. The summed E-state index contributed by atoms with van der Waals surface area (Å²) in [5, 5.41) is 6.22. The number of hydrogen-bond acceptors (Lipinski definition) is 2. The van der Waals surface area contributed by atoms with Gasteiger partial charge in [-0.05, 0) is 17.7 Å². The van der Waals surface area contributed by atoms with Crippen LogP contribution in [0.3, 0.4) is 0 Å². The zero-order valence-electron chi connectivity index (χ0n) is 9.65. The second-order valence-electron chi connectivity index (χ2n) is 3.90. The van der Waals surface area contributed by atoms with Crippen LogP contribution in [0, 0.1) is 11.6 Å². The van der Waals surface area contributed by atoms with Crippen molar-refractivity contribution in [2.75, 3.05) is 7.05 Å². The van der Waals surface area contributed by atoms with E-state index in [1.54, 1.807) is 7.05 Å². The molecule has 0 spiro atoms. The number of rotatable bonds is 3. The minimum absolute atomic E-state index is 0.196. The highest BCUT2D eigenvalue weighted by molar-refractivity contribution is 5.93. The third-order valence-electron chi connectivity index (χ3n) is 2.50. The van der Waals surface area contributed by atoms with Gasteiger partial charge in [0.25, 0.3) is 5.91 Å². The van der Waals surface area contributed by atoms with Crippen molar-refractivity contribution in [1.82, 2.24) is 15.1 Å². The Hall–Kier alpha value is -2.24. The average Bonchev–Trinajstić information content (AvgIpc) is 2.86. The quantitative estimate of drug-likeness (QED) is 0.906. The Morgan fingerprint density at radius 1 is 1.39 bits per heavy atom. The van der Waals surface area contributed by atoms with Crippen molar-refractivity contribution in [3.63, 3.8) is 0 Å². The van der Waals surface area contributed by atoms with Gasteiger partial charge in [-0.25, -0.2) is 8.78 Å². The lowest BCUT2D eigenvalue weighted by molar-refractivity contribution is 0.0785. The van der Waals surface area contributed by atoms with E-state index in [1.807, 2.05) is 0 Å². The van der Waals surface area contributed by atoms with Crippen LogP contribution >= 0.6 is 0 Å². The van der Waals surface area contributed by atoms with E-state index in [0.29, 0.717) is 11.1 Å². The Labute approximate surface area is 102 Å². The number of halogens is 2. The standard InChI is InChI=1S/C12H11F2N3O/c1-17(12(18)9-5-15-16-6-9)7-8-2-3-10(13)11(14)4-8/h2-6H,7H2,1H3,(H,15,16). The number of hydrogen-bond donors (Lipinski definition) is 1. The Kier molecular flexibility index (Phi) is 3.36. The van der Waals surface area contributed by atoms with Crippen LogP contribution in [0.5, 0.6) is 0 Å². The van der Waals surface area contributed by atoms with E-state index in [0.717, 1.165) is 12.1 Å². The summed E-state index contributed by atoms with van der Waals surface area (Å²) in [4.78, 5) is 13.3. The van der Waals surface area contributed by atoms with Crippen molar-refractivity contribution >= 4 is 5.91 Å². The molecule has 2 aromatic rings. The van der Waals surface area contributed by atoms with Crippen LogP contribution in [0.15, 0.2) is 30.6 Å². The smallest absolute Gasteiger partial charge is 0.257 e. The lowest BCUT2D eigenvalue weighted by atomic mass is 10.2. The molecule has 0 bridgehead atoms. The van der Waals surface area contributed by atoms with E-state index in [4.69, 9.17) is 0 Å². The summed E-state index contributed by atoms with van der Waals surface area (Å²) in [5.74, 6) is -2.06. The molecule has 0 saturated heterocycles. The van der Waals surface area contributed by atoms with Crippen LogP contribution < -0.4 is 0 Å². The maximum Gasteiger partial charge on any atom is 0.257 e. The fourth-order valence-corrected chi connectivity index (χ4v) is 1.57. The second kappa shape index (κ2) is 4.95. The molecule has 1 amide bonds. The molecular formula is C12H11F2N3O. The van der Waals surface area contributed by atoms with Crippen LogP contribution in [0.25, 0.3) is 0 Å². The SMILES string of the molecule is CN(Cc1ccc(F)c(F)c1)C(=O)c1cn[nH]c1. The predicted octanol–water partition coefficient (Wildman–Crippen LogP) is 1.96. The second-order valence-corrected chi connectivity index (χ2v) is 3.90. The van der Waals surface area contributed by atoms with Crippen molar-refractivity contribution in [3.8, 4) is 0 Å².